The van der Waals surface area contributed by atoms with Gasteiger partial charge in [0.25, 0.3) is 0 Å². The molecule has 2 atom stereocenters. The van der Waals surface area contributed by atoms with Gasteiger partial charge < -0.3 is 14.4 Å². The van der Waals surface area contributed by atoms with Crippen molar-refractivity contribution < 1.29 is 14.6 Å². The van der Waals surface area contributed by atoms with E-state index in [1.54, 1.807) is 7.11 Å². The van der Waals surface area contributed by atoms with E-state index in [0.29, 0.717) is 0 Å². The van der Waals surface area contributed by atoms with Gasteiger partial charge in [0.2, 0.25) is 0 Å². The van der Waals surface area contributed by atoms with Gasteiger partial charge in [0.1, 0.15) is 5.75 Å². The van der Waals surface area contributed by atoms with Crippen LogP contribution in [0.1, 0.15) is 25.3 Å². The number of carboxylic acids is 1. The molecule has 19 heavy (non-hydrogen) atoms. The molecule has 1 aliphatic rings. The fourth-order valence-corrected chi connectivity index (χ4v) is 3.12. The van der Waals surface area contributed by atoms with Gasteiger partial charge in [0, 0.05) is 23.1 Å². The standard InChI is InChI=1S/C15H17NO3/c1-19-11-5-6-13-10(9-11)7-8-16(13)14-4-2-3-12(14)15(17)18/h5-9,12,14H,2-4H2,1H3,(H,17,18). The Morgan fingerprint density at radius 3 is 2.95 bits per heavy atom. The van der Waals surface area contributed by atoms with Crippen LogP contribution in [0.15, 0.2) is 30.5 Å². The van der Waals surface area contributed by atoms with E-state index < -0.39 is 5.97 Å². The summed E-state index contributed by atoms with van der Waals surface area (Å²) in [6, 6.07) is 8.00. The Balaban J connectivity index is 2.03. The van der Waals surface area contributed by atoms with Gasteiger partial charge in [-0.3, -0.25) is 4.79 Å². The van der Waals surface area contributed by atoms with Crippen molar-refractivity contribution in [1.82, 2.24) is 4.57 Å². The van der Waals surface area contributed by atoms with Crippen LogP contribution in [0.5, 0.6) is 5.75 Å². The van der Waals surface area contributed by atoms with Crippen molar-refractivity contribution in [3.05, 3.63) is 30.5 Å². The SMILES string of the molecule is COc1ccc2c(ccn2C2CCCC2C(=O)O)c1. The first-order chi connectivity index (χ1) is 9.20. The highest BCUT2D eigenvalue weighted by molar-refractivity contribution is 5.82. The Bertz CT molecular complexity index is 617. The van der Waals surface area contributed by atoms with Gasteiger partial charge in [0.05, 0.1) is 13.0 Å². The number of hydrogen-bond acceptors (Lipinski definition) is 2. The molecule has 1 N–H and O–H groups in total. The molecule has 2 aromatic rings. The van der Waals surface area contributed by atoms with Crippen LogP contribution in [0.3, 0.4) is 0 Å². The van der Waals surface area contributed by atoms with Gasteiger partial charge in [-0.15, -0.1) is 0 Å². The van der Waals surface area contributed by atoms with Crippen molar-refractivity contribution >= 4 is 16.9 Å². The second kappa shape index (κ2) is 4.61. The lowest BCUT2D eigenvalue weighted by Crippen LogP contribution is -2.21. The molecule has 0 amide bonds. The lowest BCUT2D eigenvalue weighted by molar-refractivity contribution is -0.142. The number of aromatic nitrogens is 1. The van der Waals surface area contributed by atoms with Crippen LogP contribution >= 0.6 is 0 Å². The molecule has 1 aromatic heterocycles. The first-order valence-electron chi connectivity index (χ1n) is 6.58. The van der Waals surface area contributed by atoms with Crippen LogP contribution < -0.4 is 4.74 Å². The molecule has 4 heteroatoms. The molecule has 0 bridgehead atoms. The van der Waals surface area contributed by atoms with Gasteiger partial charge in [-0.25, -0.2) is 0 Å². The molecule has 0 saturated heterocycles. The van der Waals surface area contributed by atoms with E-state index in [1.165, 1.54) is 0 Å². The number of rotatable bonds is 3. The molecule has 1 heterocycles. The van der Waals surface area contributed by atoms with E-state index in [2.05, 4.69) is 4.57 Å². The van der Waals surface area contributed by atoms with Crippen molar-refractivity contribution in [3.63, 3.8) is 0 Å². The summed E-state index contributed by atoms with van der Waals surface area (Å²) in [5.74, 6) is -0.123. The number of carbonyl (C=O) groups is 1. The van der Waals surface area contributed by atoms with Crippen LogP contribution in [0.2, 0.25) is 0 Å². The van der Waals surface area contributed by atoms with E-state index in [9.17, 15) is 9.90 Å². The van der Waals surface area contributed by atoms with Crippen molar-refractivity contribution in [3.8, 4) is 5.75 Å². The number of methoxy groups -OCH3 is 1. The fraction of sp³-hybridized carbons (Fsp3) is 0.400. The maximum absolute atomic E-state index is 11.3. The van der Waals surface area contributed by atoms with E-state index >= 15 is 0 Å². The Kier molecular flexibility index (Phi) is 2.93. The van der Waals surface area contributed by atoms with Crippen LogP contribution in [0, 0.1) is 5.92 Å². The minimum absolute atomic E-state index is 0.0726. The quantitative estimate of drug-likeness (QED) is 0.921. The summed E-state index contributed by atoms with van der Waals surface area (Å²) in [5, 5.41) is 10.4. The average molecular weight is 259 g/mol. The third-order valence-corrected chi connectivity index (χ3v) is 4.08. The van der Waals surface area contributed by atoms with Crippen molar-refractivity contribution in [2.75, 3.05) is 7.11 Å². The topological polar surface area (TPSA) is 51.5 Å². The fourth-order valence-electron chi connectivity index (χ4n) is 3.12. The third kappa shape index (κ3) is 1.97. The summed E-state index contributed by atoms with van der Waals surface area (Å²) in [6.07, 6.45) is 4.69. The van der Waals surface area contributed by atoms with Crippen LogP contribution in [0.25, 0.3) is 10.9 Å². The number of benzene rings is 1. The largest absolute Gasteiger partial charge is 0.497 e. The summed E-state index contributed by atoms with van der Waals surface area (Å²) in [5.41, 5.74) is 1.08. The number of ether oxygens (including phenoxy) is 1. The molecule has 1 saturated carbocycles. The zero-order valence-corrected chi connectivity index (χ0v) is 10.9. The van der Waals surface area contributed by atoms with Crippen LogP contribution in [0.4, 0.5) is 0 Å². The van der Waals surface area contributed by atoms with E-state index in [4.69, 9.17) is 4.74 Å². The first kappa shape index (κ1) is 12.1. The molecular formula is C15H17NO3. The molecule has 1 aliphatic carbocycles. The van der Waals surface area contributed by atoms with Gasteiger partial charge in [-0.2, -0.15) is 0 Å². The zero-order valence-electron chi connectivity index (χ0n) is 10.9. The van der Waals surface area contributed by atoms with E-state index in [-0.39, 0.29) is 12.0 Å². The summed E-state index contributed by atoms with van der Waals surface area (Å²) in [4.78, 5) is 11.3. The molecular weight excluding hydrogens is 242 g/mol. The van der Waals surface area contributed by atoms with Gasteiger partial charge in [-0.05, 0) is 37.1 Å². The molecule has 1 fully saturated rings. The molecule has 0 spiro atoms. The van der Waals surface area contributed by atoms with Gasteiger partial charge >= 0.3 is 5.97 Å². The Morgan fingerprint density at radius 1 is 1.37 bits per heavy atom. The third-order valence-electron chi connectivity index (χ3n) is 4.08. The maximum atomic E-state index is 11.3. The summed E-state index contributed by atoms with van der Waals surface area (Å²) < 4.78 is 7.32. The highest BCUT2D eigenvalue weighted by Crippen LogP contribution is 2.38. The van der Waals surface area contributed by atoms with Gasteiger partial charge in [-0.1, -0.05) is 6.42 Å². The zero-order chi connectivity index (χ0) is 13.4. The predicted molar refractivity (Wildman–Crippen MR) is 72.5 cm³/mol. The Morgan fingerprint density at radius 2 is 2.21 bits per heavy atom. The average Bonchev–Trinajstić information content (AvgIpc) is 3.03. The first-order valence-corrected chi connectivity index (χ1v) is 6.58. The van der Waals surface area contributed by atoms with Crippen molar-refractivity contribution in [2.45, 2.75) is 25.3 Å². The minimum Gasteiger partial charge on any atom is -0.497 e. The lowest BCUT2D eigenvalue weighted by Gasteiger charge is -2.19. The predicted octanol–water partition coefficient (Wildman–Crippen LogP) is 3.08. The summed E-state index contributed by atoms with van der Waals surface area (Å²) in [7, 11) is 1.65. The molecule has 2 unspecified atom stereocenters. The Hall–Kier alpha value is -1.97. The molecule has 0 aliphatic heterocycles. The minimum atomic E-state index is -0.683. The lowest BCUT2D eigenvalue weighted by atomic mass is 10.0. The summed E-state index contributed by atoms with van der Waals surface area (Å²) in [6.45, 7) is 0. The number of hydrogen-bond donors (Lipinski definition) is 1. The second-order valence-corrected chi connectivity index (χ2v) is 5.09. The molecule has 3 rings (SSSR count). The normalized spacial score (nSPS) is 22.8. The second-order valence-electron chi connectivity index (χ2n) is 5.09. The number of fused-ring (bicyclic) bond motifs is 1. The molecule has 1 aromatic carbocycles. The highest BCUT2D eigenvalue weighted by atomic mass is 16.5. The number of carboxylic acid groups (broad SMARTS) is 1. The molecule has 0 radical (unpaired) electrons. The van der Waals surface area contributed by atoms with Crippen LogP contribution in [-0.4, -0.2) is 22.8 Å². The Labute approximate surface area is 111 Å². The number of aliphatic carboxylic acids is 1. The highest BCUT2D eigenvalue weighted by Gasteiger charge is 2.34. The monoisotopic (exact) mass is 259 g/mol. The van der Waals surface area contributed by atoms with Crippen molar-refractivity contribution in [2.24, 2.45) is 5.92 Å². The number of nitrogens with zero attached hydrogens (tertiary/aromatic N) is 1. The van der Waals surface area contributed by atoms with Gasteiger partial charge in [0.15, 0.2) is 0 Å². The maximum Gasteiger partial charge on any atom is 0.308 e. The molecule has 4 nitrogen and oxygen atoms in total. The summed E-state index contributed by atoms with van der Waals surface area (Å²) >= 11 is 0. The van der Waals surface area contributed by atoms with Crippen LogP contribution in [-0.2, 0) is 4.79 Å². The molecule has 100 valence electrons. The van der Waals surface area contributed by atoms with Crippen molar-refractivity contribution in [1.29, 1.82) is 0 Å². The smallest absolute Gasteiger partial charge is 0.308 e. The van der Waals surface area contributed by atoms with E-state index in [0.717, 1.165) is 35.9 Å². The van der Waals surface area contributed by atoms with E-state index in [1.807, 2.05) is 30.5 Å².